The highest BCUT2D eigenvalue weighted by Crippen LogP contribution is 2.34. The average molecular weight is 652 g/mol. The summed E-state index contributed by atoms with van der Waals surface area (Å²) in [6, 6.07) is 36.3. The Bertz CT molecular complexity index is 1590. The molecule has 0 bridgehead atoms. The first-order chi connectivity index (χ1) is 23.6. The maximum atomic E-state index is 13.1. The Hall–Kier alpha value is -4.51. The number of hydrogen-bond donors (Lipinski definition) is 1. The lowest BCUT2D eigenvalue weighted by atomic mass is 10.0. The molecule has 0 spiro atoms. The zero-order valence-corrected chi connectivity index (χ0v) is 26.9. The second-order valence-electron chi connectivity index (χ2n) is 11.4. The predicted molar refractivity (Wildman–Crippen MR) is 178 cm³/mol. The molecule has 4 aromatic carbocycles. The van der Waals surface area contributed by atoms with E-state index in [0.717, 1.165) is 27.3 Å². The van der Waals surface area contributed by atoms with Gasteiger partial charge in [0, 0.05) is 0 Å². The van der Waals surface area contributed by atoms with Crippen molar-refractivity contribution in [2.45, 2.75) is 63.7 Å². The molecular weight excluding hydrogens is 610 g/mol. The SMILES string of the molecule is CCOC(=O)C(=[N+]=[N-])[C@H]1[C@H](OCc2ccccc2)[C@@H](OCc2ccccc2)[C@H]([C@@H](COCc2ccccc2)OCc2ccccc2)N1O. The number of rotatable bonds is 17. The van der Waals surface area contributed by atoms with Gasteiger partial charge in [-0.25, -0.2) is 4.79 Å². The summed E-state index contributed by atoms with van der Waals surface area (Å²) in [6.45, 7) is 2.59. The van der Waals surface area contributed by atoms with Crippen LogP contribution in [0, 0.1) is 0 Å². The molecule has 5 atom stereocenters. The van der Waals surface area contributed by atoms with Gasteiger partial charge in [-0.1, -0.05) is 121 Å². The molecule has 48 heavy (non-hydrogen) atoms. The summed E-state index contributed by atoms with van der Waals surface area (Å²) < 4.78 is 31.0. The van der Waals surface area contributed by atoms with E-state index in [2.05, 4.69) is 4.79 Å². The zero-order valence-electron chi connectivity index (χ0n) is 26.9. The number of ether oxygens (including phenoxy) is 5. The van der Waals surface area contributed by atoms with E-state index < -0.39 is 42.1 Å². The quantitative estimate of drug-likeness (QED) is 0.0674. The maximum Gasteiger partial charge on any atom is 0.418 e. The molecule has 0 saturated carbocycles. The van der Waals surface area contributed by atoms with Gasteiger partial charge in [0.1, 0.15) is 18.3 Å². The molecule has 0 aliphatic carbocycles. The molecule has 4 aromatic rings. The number of carbonyl (C=O) groups excluding carboxylic acids is 1. The molecule has 0 unspecified atom stereocenters. The molecule has 10 nitrogen and oxygen atoms in total. The van der Waals surface area contributed by atoms with Crippen LogP contribution in [-0.2, 0) is 54.9 Å². The Balaban J connectivity index is 1.51. The first kappa shape index (κ1) is 34.8. The Labute approximate surface area is 281 Å². The molecule has 5 rings (SSSR count). The number of nitrogens with zero attached hydrogens (tertiary/aromatic N) is 3. The van der Waals surface area contributed by atoms with Crippen molar-refractivity contribution in [3.63, 3.8) is 0 Å². The topological polar surface area (TPSA) is 123 Å². The molecule has 1 saturated heterocycles. The van der Waals surface area contributed by atoms with Gasteiger partial charge in [0.2, 0.25) is 0 Å². The fourth-order valence-electron chi connectivity index (χ4n) is 5.75. The first-order valence-electron chi connectivity index (χ1n) is 16.0. The van der Waals surface area contributed by atoms with E-state index in [1.54, 1.807) is 6.92 Å². The molecule has 250 valence electrons. The fourth-order valence-corrected chi connectivity index (χ4v) is 5.75. The van der Waals surface area contributed by atoms with Gasteiger partial charge >= 0.3 is 11.7 Å². The van der Waals surface area contributed by atoms with Gasteiger partial charge in [-0.3, -0.25) is 0 Å². The summed E-state index contributed by atoms with van der Waals surface area (Å²) in [4.78, 5) is 16.4. The van der Waals surface area contributed by atoms with Crippen LogP contribution in [0.2, 0.25) is 0 Å². The number of carbonyl (C=O) groups is 1. The van der Waals surface area contributed by atoms with Gasteiger partial charge in [-0.05, 0) is 29.2 Å². The molecule has 1 N–H and O–H groups in total. The summed E-state index contributed by atoms with van der Waals surface area (Å²) >= 11 is 0. The van der Waals surface area contributed by atoms with E-state index in [4.69, 9.17) is 23.7 Å². The van der Waals surface area contributed by atoms with E-state index in [9.17, 15) is 15.5 Å². The first-order valence-corrected chi connectivity index (χ1v) is 16.0. The van der Waals surface area contributed by atoms with E-state index in [0.29, 0.717) is 6.61 Å². The van der Waals surface area contributed by atoms with E-state index in [1.807, 2.05) is 121 Å². The van der Waals surface area contributed by atoms with Crippen LogP contribution in [0.3, 0.4) is 0 Å². The fraction of sp³-hybridized carbons (Fsp3) is 0.316. The van der Waals surface area contributed by atoms with Gasteiger partial charge in [-0.15, -0.1) is 0 Å². The van der Waals surface area contributed by atoms with Crippen molar-refractivity contribution < 1.29 is 38.5 Å². The van der Waals surface area contributed by atoms with E-state index in [-0.39, 0.29) is 33.0 Å². The molecule has 10 heteroatoms. The lowest BCUT2D eigenvalue weighted by Gasteiger charge is -2.32. The summed E-state index contributed by atoms with van der Waals surface area (Å²) in [5.41, 5.74) is 13.4. The highest BCUT2D eigenvalue weighted by molar-refractivity contribution is 6.36. The molecule has 0 radical (unpaired) electrons. The third kappa shape index (κ3) is 9.31. The predicted octanol–water partition coefficient (Wildman–Crippen LogP) is 5.64. The van der Waals surface area contributed by atoms with Gasteiger partial charge in [0.25, 0.3) is 0 Å². The van der Waals surface area contributed by atoms with Crippen LogP contribution >= 0.6 is 0 Å². The van der Waals surface area contributed by atoms with Crippen molar-refractivity contribution >= 4 is 11.7 Å². The Morgan fingerprint density at radius 1 is 0.729 bits per heavy atom. The van der Waals surface area contributed by atoms with Crippen LogP contribution < -0.4 is 0 Å². The maximum absolute atomic E-state index is 13.1. The van der Waals surface area contributed by atoms with Crippen molar-refractivity contribution in [2.24, 2.45) is 0 Å². The molecular formula is C38H41N3O7. The summed E-state index contributed by atoms with van der Waals surface area (Å²) in [5, 5.41) is 13.0. The summed E-state index contributed by atoms with van der Waals surface area (Å²) in [6.07, 6.45) is -2.65. The van der Waals surface area contributed by atoms with Crippen LogP contribution in [0.25, 0.3) is 5.53 Å². The minimum absolute atomic E-state index is 0.0407. The van der Waals surface area contributed by atoms with Crippen LogP contribution in [0.5, 0.6) is 0 Å². The average Bonchev–Trinajstić information content (AvgIpc) is 3.40. The zero-order chi connectivity index (χ0) is 33.6. The molecule has 0 aromatic heterocycles. The molecule has 1 aliphatic rings. The molecule has 1 heterocycles. The molecule has 0 amide bonds. The van der Waals surface area contributed by atoms with Gasteiger partial charge in [0.15, 0.2) is 6.04 Å². The lowest BCUT2D eigenvalue weighted by Crippen LogP contribution is -2.51. The standard InChI is InChI=1S/C38H41N3O7/c1-2-45-38(42)33(40-39)35-37(48-26-31-21-13-6-14-22-31)36(47-25-30-19-11-5-12-20-30)34(41(35)43)32(46-24-29-17-9-4-10-18-29)27-44-23-28-15-7-3-8-16-28/h3-22,32,34-37,43H,2,23-27H2,1H3/t32-,34+,35+,36+,37+/m1/s1. The summed E-state index contributed by atoms with van der Waals surface area (Å²) in [7, 11) is 0. The van der Waals surface area contributed by atoms with Gasteiger partial charge in [0.05, 0.1) is 45.7 Å². The minimum Gasteiger partial charge on any atom is -0.457 e. The summed E-state index contributed by atoms with van der Waals surface area (Å²) in [5.74, 6) is -0.887. The number of esters is 1. The minimum atomic E-state index is -1.26. The molecule has 1 aliphatic heterocycles. The Morgan fingerprint density at radius 2 is 1.19 bits per heavy atom. The second kappa shape index (κ2) is 18.1. The normalized spacial score (nSPS) is 19.8. The highest BCUT2D eigenvalue weighted by Gasteiger charge is 2.60. The third-order valence-corrected chi connectivity index (χ3v) is 8.09. The van der Waals surface area contributed by atoms with E-state index >= 15 is 0 Å². The van der Waals surface area contributed by atoms with Gasteiger partial charge in [-0.2, -0.15) is 9.85 Å². The van der Waals surface area contributed by atoms with Crippen molar-refractivity contribution in [3.8, 4) is 0 Å². The Morgan fingerprint density at radius 3 is 1.67 bits per heavy atom. The van der Waals surface area contributed by atoms with Crippen LogP contribution in [0.1, 0.15) is 29.2 Å². The lowest BCUT2D eigenvalue weighted by molar-refractivity contribution is -0.191. The van der Waals surface area contributed by atoms with Gasteiger partial charge < -0.3 is 34.4 Å². The highest BCUT2D eigenvalue weighted by atomic mass is 16.6. The van der Waals surface area contributed by atoms with Crippen molar-refractivity contribution in [1.29, 1.82) is 0 Å². The number of hydroxylamine groups is 2. The molecule has 1 fully saturated rings. The third-order valence-electron chi connectivity index (χ3n) is 8.09. The number of hydrogen-bond acceptors (Lipinski definition) is 8. The van der Waals surface area contributed by atoms with Crippen LogP contribution in [0.4, 0.5) is 0 Å². The van der Waals surface area contributed by atoms with Crippen LogP contribution in [-0.4, -0.2) is 70.4 Å². The Kier molecular flexibility index (Phi) is 13.2. The van der Waals surface area contributed by atoms with Crippen molar-refractivity contribution in [1.82, 2.24) is 5.06 Å². The monoisotopic (exact) mass is 651 g/mol. The van der Waals surface area contributed by atoms with Crippen molar-refractivity contribution in [3.05, 3.63) is 149 Å². The second-order valence-corrected chi connectivity index (χ2v) is 11.4. The van der Waals surface area contributed by atoms with Crippen LogP contribution in [0.15, 0.2) is 121 Å². The van der Waals surface area contributed by atoms with E-state index in [1.165, 1.54) is 0 Å². The number of benzene rings is 4. The van der Waals surface area contributed by atoms with Crippen molar-refractivity contribution in [2.75, 3.05) is 13.2 Å². The largest absolute Gasteiger partial charge is 0.457 e. The smallest absolute Gasteiger partial charge is 0.418 e.